The van der Waals surface area contributed by atoms with Gasteiger partial charge in [0.1, 0.15) is 0 Å². The molecule has 17 heavy (non-hydrogen) atoms. The van der Waals surface area contributed by atoms with Crippen molar-refractivity contribution in [1.82, 2.24) is 9.88 Å². The number of fused-ring (bicyclic) bond motifs is 1. The molecule has 0 saturated carbocycles. The second kappa shape index (κ2) is 3.87. The van der Waals surface area contributed by atoms with E-state index in [2.05, 4.69) is 17.1 Å². The molecule has 1 fully saturated rings. The van der Waals surface area contributed by atoms with Crippen LogP contribution in [0.4, 0.5) is 4.79 Å². The minimum absolute atomic E-state index is 0.390. The van der Waals surface area contributed by atoms with E-state index in [1.54, 1.807) is 6.20 Å². The molecule has 1 aliphatic heterocycles. The van der Waals surface area contributed by atoms with Crippen molar-refractivity contribution in [3.05, 3.63) is 36.2 Å². The van der Waals surface area contributed by atoms with E-state index in [9.17, 15) is 4.79 Å². The van der Waals surface area contributed by atoms with Gasteiger partial charge in [-0.1, -0.05) is 12.1 Å². The maximum absolute atomic E-state index is 10.9. The number of hydrogen-bond donors (Lipinski definition) is 1. The maximum atomic E-state index is 10.9. The first-order chi connectivity index (χ1) is 8.24. The zero-order valence-electron chi connectivity index (χ0n) is 9.41. The quantitative estimate of drug-likeness (QED) is 0.803. The number of carboxylic acid groups (broad SMARTS) is 1. The van der Waals surface area contributed by atoms with E-state index in [0.29, 0.717) is 24.9 Å². The number of pyridine rings is 1. The van der Waals surface area contributed by atoms with Crippen LogP contribution < -0.4 is 0 Å². The molecular weight excluding hydrogens is 216 g/mol. The maximum Gasteiger partial charge on any atom is 0.407 e. The SMILES string of the molecule is O=C(O)N1CC2C=C(c3cccnc3)CC2C1. The smallest absolute Gasteiger partial charge is 0.407 e. The van der Waals surface area contributed by atoms with E-state index in [1.807, 2.05) is 12.3 Å². The largest absolute Gasteiger partial charge is 0.465 e. The summed E-state index contributed by atoms with van der Waals surface area (Å²) in [6.07, 6.45) is 6.05. The van der Waals surface area contributed by atoms with Crippen LogP contribution in [0.2, 0.25) is 0 Å². The standard InChI is InChI=1S/C13H14N2O2/c16-13(17)15-7-11-4-10(5-12(11)8-15)9-2-1-3-14-6-9/h1-4,6,11-12H,5,7-8H2,(H,16,17). The van der Waals surface area contributed by atoms with Gasteiger partial charge in [0.2, 0.25) is 0 Å². The Morgan fingerprint density at radius 3 is 3.00 bits per heavy atom. The number of amides is 1. The molecule has 1 aromatic rings. The van der Waals surface area contributed by atoms with Crippen LogP contribution in [-0.4, -0.2) is 34.2 Å². The molecule has 2 unspecified atom stereocenters. The molecule has 1 amide bonds. The number of carbonyl (C=O) groups is 1. The predicted molar refractivity (Wildman–Crippen MR) is 63.4 cm³/mol. The summed E-state index contributed by atoms with van der Waals surface area (Å²) in [5.41, 5.74) is 2.49. The fourth-order valence-corrected chi connectivity index (χ4v) is 2.83. The third-order valence-electron chi connectivity index (χ3n) is 3.69. The zero-order valence-corrected chi connectivity index (χ0v) is 9.41. The van der Waals surface area contributed by atoms with E-state index < -0.39 is 6.09 Å². The fourth-order valence-electron chi connectivity index (χ4n) is 2.83. The monoisotopic (exact) mass is 230 g/mol. The molecule has 0 radical (unpaired) electrons. The Labute approximate surface area is 99.6 Å². The highest BCUT2D eigenvalue weighted by Gasteiger charge is 2.38. The lowest BCUT2D eigenvalue weighted by atomic mass is 9.99. The molecule has 0 bridgehead atoms. The number of allylic oxidation sites excluding steroid dienone is 1. The van der Waals surface area contributed by atoms with Crippen molar-refractivity contribution in [1.29, 1.82) is 0 Å². The second-order valence-electron chi connectivity index (χ2n) is 4.75. The fraction of sp³-hybridized carbons (Fsp3) is 0.385. The zero-order chi connectivity index (χ0) is 11.8. The van der Waals surface area contributed by atoms with Crippen molar-refractivity contribution in [2.24, 2.45) is 11.8 Å². The second-order valence-corrected chi connectivity index (χ2v) is 4.75. The Bertz CT molecular complexity index is 470. The Balaban J connectivity index is 1.78. The first-order valence-electron chi connectivity index (χ1n) is 5.83. The van der Waals surface area contributed by atoms with Gasteiger partial charge < -0.3 is 10.0 Å². The van der Waals surface area contributed by atoms with Crippen LogP contribution in [0.25, 0.3) is 5.57 Å². The molecule has 2 aliphatic rings. The number of aromatic nitrogens is 1. The minimum atomic E-state index is -0.796. The summed E-state index contributed by atoms with van der Waals surface area (Å²) in [6.45, 7) is 1.31. The average Bonchev–Trinajstić information content (AvgIpc) is 2.87. The lowest BCUT2D eigenvalue weighted by molar-refractivity contribution is 0.153. The van der Waals surface area contributed by atoms with E-state index in [-0.39, 0.29) is 0 Å². The van der Waals surface area contributed by atoms with Crippen molar-refractivity contribution >= 4 is 11.7 Å². The topological polar surface area (TPSA) is 53.4 Å². The number of likely N-dealkylation sites (tertiary alicyclic amines) is 1. The molecule has 1 N–H and O–H groups in total. The van der Waals surface area contributed by atoms with Gasteiger partial charge in [0, 0.05) is 25.5 Å². The summed E-state index contributed by atoms with van der Waals surface area (Å²) >= 11 is 0. The summed E-state index contributed by atoms with van der Waals surface area (Å²) in [7, 11) is 0. The third-order valence-corrected chi connectivity index (χ3v) is 3.69. The lowest BCUT2D eigenvalue weighted by Crippen LogP contribution is -2.27. The van der Waals surface area contributed by atoms with Gasteiger partial charge in [-0.2, -0.15) is 0 Å². The van der Waals surface area contributed by atoms with Gasteiger partial charge in [0.05, 0.1) is 0 Å². The molecule has 1 aliphatic carbocycles. The molecule has 4 heteroatoms. The van der Waals surface area contributed by atoms with Crippen molar-refractivity contribution in [3.63, 3.8) is 0 Å². The number of rotatable bonds is 1. The first kappa shape index (κ1) is 10.3. The van der Waals surface area contributed by atoms with Gasteiger partial charge in [-0.15, -0.1) is 0 Å². The minimum Gasteiger partial charge on any atom is -0.465 e. The normalized spacial score (nSPS) is 26.8. The molecule has 3 rings (SSSR count). The highest BCUT2D eigenvalue weighted by atomic mass is 16.4. The van der Waals surface area contributed by atoms with Crippen molar-refractivity contribution < 1.29 is 9.90 Å². The van der Waals surface area contributed by atoms with Crippen LogP contribution in [0.1, 0.15) is 12.0 Å². The Hall–Kier alpha value is -1.84. The van der Waals surface area contributed by atoms with Gasteiger partial charge in [-0.3, -0.25) is 4.98 Å². The van der Waals surface area contributed by atoms with E-state index in [1.165, 1.54) is 16.0 Å². The molecular formula is C13H14N2O2. The van der Waals surface area contributed by atoms with Gasteiger partial charge in [0.15, 0.2) is 0 Å². The third kappa shape index (κ3) is 1.79. The molecule has 0 spiro atoms. The summed E-state index contributed by atoms with van der Waals surface area (Å²) in [5, 5.41) is 8.95. The molecule has 1 aromatic heterocycles. The molecule has 0 aromatic carbocycles. The molecule has 4 nitrogen and oxygen atoms in total. The van der Waals surface area contributed by atoms with Crippen molar-refractivity contribution in [2.45, 2.75) is 6.42 Å². The first-order valence-corrected chi connectivity index (χ1v) is 5.83. The molecule has 2 atom stereocenters. The van der Waals surface area contributed by atoms with Gasteiger partial charge in [-0.25, -0.2) is 4.79 Å². The summed E-state index contributed by atoms with van der Waals surface area (Å²) in [6, 6.07) is 4.00. The van der Waals surface area contributed by atoms with E-state index in [0.717, 1.165) is 6.42 Å². The van der Waals surface area contributed by atoms with Crippen LogP contribution in [-0.2, 0) is 0 Å². The Kier molecular flexibility index (Phi) is 2.35. The van der Waals surface area contributed by atoms with Crippen molar-refractivity contribution in [3.8, 4) is 0 Å². The highest BCUT2D eigenvalue weighted by Crippen LogP contribution is 2.40. The number of nitrogens with zero attached hydrogens (tertiary/aromatic N) is 2. The van der Waals surface area contributed by atoms with Crippen LogP contribution >= 0.6 is 0 Å². The number of hydrogen-bond acceptors (Lipinski definition) is 2. The van der Waals surface area contributed by atoms with Crippen LogP contribution in [0.3, 0.4) is 0 Å². The summed E-state index contributed by atoms with van der Waals surface area (Å²) in [5.74, 6) is 0.850. The average molecular weight is 230 g/mol. The van der Waals surface area contributed by atoms with Crippen LogP contribution in [0.5, 0.6) is 0 Å². The molecule has 1 saturated heterocycles. The van der Waals surface area contributed by atoms with Gasteiger partial charge >= 0.3 is 6.09 Å². The van der Waals surface area contributed by atoms with Crippen LogP contribution in [0.15, 0.2) is 30.6 Å². The Morgan fingerprint density at radius 1 is 1.47 bits per heavy atom. The van der Waals surface area contributed by atoms with Crippen LogP contribution in [0, 0.1) is 11.8 Å². The van der Waals surface area contributed by atoms with Crippen molar-refractivity contribution in [2.75, 3.05) is 13.1 Å². The predicted octanol–water partition coefficient (Wildman–Crippen LogP) is 2.09. The molecule has 2 heterocycles. The van der Waals surface area contributed by atoms with E-state index in [4.69, 9.17) is 5.11 Å². The van der Waals surface area contributed by atoms with E-state index >= 15 is 0 Å². The highest BCUT2D eigenvalue weighted by molar-refractivity contribution is 5.70. The van der Waals surface area contributed by atoms with Gasteiger partial charge in [-0.05, 0) is 35.5 Å². The summed E-state index contributed by atoms with van der Waals surface area (Å²) in [4.78, 5) is 16.5. The van der Waals surface area contributed by atoms with Gasteiger partial charge in [0.25, 0.3) is 0 Å². The Morgan fingerprint density at radius 2 is 2.35 bits per heavy atom. The molecule has 88 valence electrons. The summed E-state index contributed by atoms with van der Waals surface area (Å²) < 4.78 is 0. The lowest BCUT2D eigenvalue weighted by Gasteiger charge is -2.12.